The van der Waals surface area contributed by atoms with Crippen LogP contribution in [0.3, 0.4) is 0 Å². The maximum atomic E-state index is 11.4. The predicted octanol–water partition coefficient (Wildman–Crippen LogP) is 0.0399. The molecule has 0 saturated carbocycles. The predicted molar refractivity (Wildman–Crippen MR) is 48.8 cm³/mol. The van der Waals surface area contributed by atoms with Gasteiger partial charge in [-0.1, -0.05) is 0 Å². The van der Waals surface area contributed by atoms with E-state index in [0.29, 0.717) is 4.90 Å². The third-order valence-electron chi connectivity index (χ3n) is 1.54. The minimum absolute atomic E-state index is 0.174. The first-order valence-electron chi connectivity index (χ1n) is 3.54. The summed E-state index contributed by atoms with van der Waals surface area (Å²) in [7, 11) is 0. The number of nitrogens with zero attached hydrogens (tertiary/aromatic N) is 4. The molecule has 66 valence electrons. The number of hydrogen-bond donors (Lipinski definition) is 1. The van der Waals surface area contributed by atoms with Crippen molar-refractivity contribution >= 4 is 12.6 Å². The van der Waals surface area contributed by atoms with Crippen LogP contribution in [0.25, 0.3) is 0 Å². The van der Waals surface area contributed by atoms with Gasteiger partial charge in [-0.2, -0.15) is 0 Å². The van der Waals surface area contributed by atoms with E-state index in [2.05, 4.69) is 22.8 Å². The van der Waals surface area contributed by atoms with Crippen LogP contribution in [0, 0.1) is 0 Å². The molecule has 2 heterocycles. The van der Waals surface area contributed by atoms with Gasteiger partial charge in [-0.25, -0.2) is 9.35 Å². The third kappa shape index (κ3) is 1.48. The first kappa shape index (κ1) is 8.06. The minimum atomic E-state index is -0.174. The lowest BCUT2D eigenvalue weighted by Crippen LogP contribution is -2.23. The molecule has 0 radical (unpaired) electrons. The van der Waals surface area contributed by atoms with Crippen molar-refractivity contribution in [2.24, 2.45) is 0 Å². The van der Waals surface area contributed by atoms with Crippen molar-refractivity contribution in [2.75, 3.05) is 0 Å². The summed E-state index contributed by atoms with van der Waals surface area (Å²) in [4.78, 5) is 12.0. The van der Waals surface area contributed by atoms with E-state index < -0.39 is 0 Å². The van der Waals surface area contributed by atoms with Gasteiger partial charge in [0.1, 0.15) is 12.7 Å². The summed E-state index contributed by atoms with van der Waals surface area (Å²) in [5.74, 6) is 0. The Morgan fingerprint density at radius 3 is 2.62 bits per heavy atom. The molecule has 13 heavy (non-hydrogen) atoms. The molecule has 0 aliphatic rings. The van der Waals surface area contributed by atoms with Crippen molar-refractivity contribution < 1.29 is 0 Å². The number of thiol groups is 1. The largest absolute Gasteiger partial charge is 0.270 e. The molecule has 0 aliphatic heterocycles. The van der Waals surface area contributed by atoms with Gasteiger partial charge in [0.25, 0.3) is 5.56 Å². The number of hydrogen-bond acceptors (Lipinski definition) is 4. The van der Waals surface area contributed by atoms with E-state index in [9.17, 15) is 4.79 Å². The van der Waals surface area contributed by atoms with Crippen molar-refractivity contribution in [1.29, 1.82) is 0 Å². The molecule has 0 aromatic carbocycles. The molecule has 6 heteroatoms. The van der Waals surface area contributed by atoms with Crippen LogP contribution in [0.15, 0.2) is 40.7 Å². The Labute approximate surface area is 79.0 Å². The van der Waals surface area contributed by atoms with Gasteiger partial charge in [0.15, 0.2) is 0 Å². The minimum Gasteiger partial charge on any atom is -0.267 e. The fourth-order valence-electron chi connectivity index (χ4n) is 0.959. The molecule has 2 aromatic rings. The second-order valence-electron chi connectivity index (χ2n) is 2.41. The average molecular weight is 194 g/mol. The number of rotatable bonds is 1. The second-order valence-corrected chi connectivity index (χ2v) is 2.93. The summed E-state index contributed by atoms with van der Waals surface area (Å²) < 4.78 is 2.86. The lowest BCUT2D eigenvalue weighted by Gasteiger charge is -2.03. The number of aromatic nitrogens is 4. The van der Waals surface area contributed by atoms with E-state index in [1.165, 1.54) is 28.1 Å². The van der Waals surface area contributed by atoms with E-state index in [1.807, 2.05) is 0 Å². The maximum Gasteiger partial charge on any atom is 0.270 e. The van der Waals surface area contributed by atoms with Gasteiger partial charge in [0.05, 0.1) is 0 Å². The molecule has 0 N–H and O–H groups in total. The lowest BCUT2D eigenvalue weighted by molar-refractivity contribution is 0.623. The van der Waals surface area contributed by atoms with Gasteiger partial charge in [0.2, 0.25) is 0 Å². The van der Waals surface area contributed by atoms with Crippen LogP contribution in [-0.2, 0) is 0 Å². The van der Waals surface area contributed by atoms with Crippen molar-refractivity contribution in [2.45, 2.75) is 4.90 Å². The summed E-state index contributed by atoms with van der Waals surface area (Å²) in [5.41, 5.74) is -0.174. The van der Waals surface area contributed by atoms with E-state index in [0.717, 1.165) is 0 Å². The van der Waals surface area contributed by atoms with Crippen LogP contribution in [0.4, 0.5) is 0 Å². The van der Waals surface area contributed by atoms with Crippen LogP contribution in [0.5, 0.6) is 0 Å². The molecule has 2 aromatic heterocycles. The van der Waals surface area contributed by atoms with Crippen LogP contribution in [-0.4, -0.2) is 19.5 Å². The zero-order valence-corrected chi connectivity index (χ0v) is 7.43. The van der Waals surface area contributed by atoms with E-state index >= 15 is 0 Å². The zero-order chi connectivity index (χ0) is 9.26. The Kier molecular flexibility index (Phi) is 1.90. The first-order valence-corrected chi connectivity index (χ1v) is 3.99. The van der Waals surface area contributed by atoms with E-state index in [1.54, 1.807) is 12.3 Å². The normalized spacial score (nSPS) is 10.2. The molecule has 2 rings (SSSR count). The summed E-state index contributed by atoms with van der Waals surface area (Å²) >= 11 is 4.04. The highest BCUT2D eigenvalue weighted by Gasteiger charge is 1.97. The standard InChI is InChI=1S/C7H6N4OS/c12-7-3-6(13)1-2-11(7)10-4-8-9-5-10/h1-5,13H. The van der Waals surface area contributed by atoms with Gasteiger partial charge in [-0.05, 0) is 6.07 Å². The Hall–Kier alpha value is -1.56. The zero-order valence-electron chi connectivity index (χ0n) is 6.53. The van der Waals surface area contributed by atoms with Crippen molar-refractivity contribution in [3.8, 4) is 0 Å². The molecule has 0 aliphatic carbocycles. The summed E-state index contributed by atoms with van der Waals surface area (Å²) in [6.07, 6.45) is 4.49. The monoisotopic (exact) mass is 194 g/mol. The quantitative estimate of drug-likeness (QED) is 0.652. The highest BCUT2D eigenvalue weighted by Crippen LogP contribution is 1.98. The van der Waals surface area contributed by atoms with Crippen LogP contribution in [0.1, 0.15) is 0 Å². The molecule has 0 atom stereocenters. The van der Waals surface area contributed by atoms with Crippen molar-refractivity contribution in [3.05, 3.63) is 41.3 Å². The van der Waals surface area contributed by atoms with Gasteiger partial charge >= 0.3 is 0 Å². The summed E-state index contributed by atoms with van der Waals surface area (Å²) in [6, 6.07) is 3.13. The number of pyridine rings is 1. The highest BCUT2D eigenvalue weighted by molar-refractivity contribution is 7.80. The van der Waals surface area contributed by atoms with Crippen molar-refractivity contribution in [3.63, 3.8) is 0 Å². The topological polar surface area (TPSA) is 52.7 Å². The van der Waals surface area contributed by atoms with Gasteiger partial charge in [-0.15, -0.1) is 22.8 Å². The second kappa shape index (κ2) is 3.06. The Morgan fingerprint density at radius 2 is 2.00 bits per heavy atom. The fraction of sp³-hybridized carbons (Fsp3) is 0. The molecule has 0 spiro atoms. The highest BCUT2D eigenvalue weighted by atomic mass is 32.1. The Bertz CT molecular complexity index is 462. The molecule has 0 fully saturated rings. The van der Waals surface area contributed by atoms with Crippen LogP contribution < -0.4 is 5.56 Å². The SMILES string of the molecule is O=c1cc(S)ccn1-n1cnnc1. The lowest BCUT2D eigenvalue weighted by atomic mass is 10.5. The average Bonchev–Trinajstić information content (AvgIpc) is 2.56. The molecule has 0 amide bonds. The Morgan fingerprint density at radius 1 is 1.31 bits per heavy atom. The molecular formula is C7H6N4OS. The molecule has 0 unspecified atom stereocenters. The van der Waals surface area contributed by atoms with Gasteiger partial charge in [0, 0.05) is 17.2 Å². The molecule has 0 bridgehead atoms. The first-order chi connectivity index (χ1) is 6.27. The van der Waals surface area contributed by atoms with Gasteiger partial charge in [-0.3, -0.25) is 4.79 Å². The summed E-state index contributed by atoms with van der Waals surface area (Å²) in [5, 5.41) is 7.19. The van der Waals surface area contributed by atoms with Crippen molar-refractivity contribution in [1.82, 2.24) is 19.5 Å². The smallest absolute Gasteiger partial charge is 0.267 e. The fourth-order valence-corrected chi connectivity index (χ4v) is 1.14. The van der Waals surface area contributed by atoms with Gasteiger partial charge < -0.3 is 0 Å². The maximum absolute atomic E-state index is 11.4. The van der Waals surface area contributed by atoms with Crippen LogP contribution in [0.2, 0.25) is 0 Å². The molecular weight excluding hydrogens is 188 g/mol. The van der Waals surface area contributed by atoms with E-state index in [-0.39, 0.29) is 5.56 Å². The summed E-state index contributed by atoms with van der Waals surface area (Å²) in [6.45, 7) is 0. The molecule has 5 nitrogen and oxygen atoms in total. The molecule has 0 saturated heterocycles. The third-order valence-corrected chi connectivity index (χ3v) is 1.82. The van der Waals surface area contributed by atoms with E-state index in [4.69, 9.17) is 0 Å². The Balaban J connectivity index is 2.60. The van der Waals surface area contributed by atoms with Crippen LogP contribution >= 0.6 is 12.6 Å².